The van der Waals surface area contributed by atoms with E-state index >= 15 is 0 Å². The molecule has 1 N–H and O–H groups in total. The lowest BCUT2D eigenvalue weighted by atomic mass is 10.3. The summed E-state index contributed by atoms with van der Waals surface area (Å²) in [5.74, 6) is 2.96. The second-order valence-corrected chi connectivity index (χ2v) is 4.49. The van der Waals surface area contributed by atoms with Crippen LogP contribution >= 0.6 is 11.8 Å². The van der Waals surface area contributed by atoms with E-state index in [4.69, 9.17) is 0 Å². The predicted molar refractivity (Wildman–Crippen MR) is 66.7 cm³/mol. The normalized spacial score (nSPS) is 10.4. The minimum absolute atomic E-state index is 0.885. The molecule has 0 saturated heterocycles. The lowest BCUT2D eigenvalue weighted by Crippen LogP contribution is -2.07. The van der Waals surface area contributed by atoms with Crippen molar-refractivity contribution in [1.82, 2.24) is 9.97 Å². The van der Waals surface area contributed by atoms with E-state index in [0.29, 0.717) is 0 Å². The van der Waals surface area contributed by atoms with Gasteiger partial charge < -0.3 is 5.32 Å². The van der Waals surface area contributed by atoms with Crippen LogP contribution < -0.4 is 5.32 Å². The highest BCUT2D eigenvalue weighted by molar-refractivity contribution is 7.99. The Hall–Kier alpha value is -0.770. The van der Waals surface area contributed by atoms with Crippen LogP contribution in [0.25, 0.3) is 0 Å². The van der Waals surface area contributed by atoms with Gasteiger partial charge in [-0.25, -0.2) is 9.97 Å². The van der Waals surface area contributed by atoms with Gasteiger partial charge in [0.1, 0.15) is 16.7 Å². The molecule has 1 aromatic heterocycles. The van der Waals surface area contributed by atoms with Gasteiger partial charge in [-0.2, -0.15) is 0 Å². The minimum atomic E-state index is 0.885. The Balaban J connectivity index is 3.08. The molecule has 0 atom stereocenters. The SMILES string of the molecule is CCNc1nc(CC)nc(SCC)c1C. The molecule has 0 aromatic carbocycles. The van der Waals surface area contributed by atoms with E-state index in [1.54, 1.807) is 11.8 Å². The van der Waals surface area contributed by atoms with Crippen LogP contribution in [-0.2, 0) is 6.42 Å². The molecule has 0 saturated carbocycles. The molecule has 0 amide bonds. The fourth-order valence-corrected chi connectivity index (χ4v) is 2.07. The Labute approximate surface area is 96.1 Å². The summed E-state index contributed by atoms with van der Waals surface area (Å²) < 4.78 is 0. The third-order valence-electron chi connectivity index (χ3n) is 2.09. The van der Waals surface area contributed by atoms with E-state index in [2.05, 4.69) is 43.0 Å². The van der Waals surface area contributed by atoms with Gasteiger partial charge in [-0.3, -0.25) is 0 Å². The van der Waals surface area contributed by atoms with Gasteiger partial charge in [0.05, 0.1) is 0 Å². The maximum absolute atomic E-state index is 4.54. The molecule has 0 radical (unpaired) electrons. The van der Waals surface area contributed by atoms with Crippen molar-refractivity contribution in [2.75, 3.05) is 17.6 Å². The third-order valence-corrected chi connectivity index (χ3v) is 3.05. The summed E-state index contributed by atoms with van der Waals surface area (Å²) in [5, 5.41) is 4.40. The topological polar surface area (TPSA) is 37.8 Å². The first-order chi connectivity index (χ1) is 7.22. The molecule has 0 fully saturated rings. The molecular weight excluding hydrogens is 206 g/mol. The lowest BCUT2D eigenvalue weighted by Gasteiger charge is -2.11. The quantitative estimate of drug-likeness (QED) is 0.617. The number of nitrogens with zero attached hydrogens (tertiary/aromatic N) is 2. The van der Waals surface area contributed by atoms with Crippen molar-refractivity contribution >= 4 is 17.6 Å². The van der Waals surface area contributed by atoms with Crippen LogP contribution in [0.1, 0.15) is 32.2 Å². The van der Waals surface area contributed by atoms with Gasteiger partial charge >= 0.3 is 0 Å². The largest absolute Gasteiger partial charge is 0.370 e. The van der Waals surface area contributed by atoms with E-state index < -0.39 is 0 Å². The molecule has 3 nitrogen and oxygen atoms in total. The summed E-state index contributed by atoms with van der Waals surface area (Å²) in [5.41, 5.74) is 1.17. The van der Waals surface area contributed by atoms with Crippen LogP contribution in [0.3, 0.4) is 0 Å². The van der Waals surface area contributed by atoms with Crippen molar-refractivity contribution in [1.29, 1.82) is 0 Å². The fraction of sp³-hybridized carbons (Fsp3) is 0.636. The Bertz CT molecular complexity index is 299. The number of rotatable bonds is 5. The smallest absolute Gasteiger partial charge is 0.133 e. The summed E-state index contributed by atoms with van der Waals surface area (Å²) in [6.45, 7) is 9.29. The Morgan fingerprint density at radius 3 is 2.47 bits per heavy atom. The fourth-order valence-electron chi connectivity index (χ4n) is 1.32. The van der Waals surface area contributed by atoms with Crippen LogP contribution in [0.4, 0.5) is 5.82 Å². The van der Waals surface area contributed by atoms with Crippen LogP contribution in [0.5, 0.6) is 0 Å². The predicted octanol–water partition coefficient (Wildman–Crippen LogP) is 2.89. The Kier molecular flexibility index (Phi) is 4.88. The minimum Gasteiger partial charge on any atom is -0.370 e. The molecule has 84 valence electrons. The zero-order valence-corrected chi connectivity index (χ0v) is 10.7. The zero-order chi connectivity index (χ0) is 11.3. The highest BCUT2D eigenvalue weighted by Crippen LogP contribution is 2.24. The molecule has 0 aliphatic carbocycles. The second-order valence-electron chi connectivity index (χ2n) is 3.24. The van der Waals surface area contributed by atoms with Gasteiger partial charge in [-0.05, 0) is 19.6 Å². The van der Waals surface area contributed by atoms with Crippen molar-refractivity contribution in [3.8, 4) is 0 Å². The molecular formula is C11H19N3S. The van der Waals surface area contributed by atoms with E-state index in [9.17, 15) is 0 Å². The molecule has 0 unspecified atom stereocenters. The molecule has 0 spiro atoms. The van der Waals surface area contributed by atoms with Crippen molar-refractivity contribution < 1.29 is 0 Å². The van der Waals surface area contributed by atoms with Crippen LogP contribution in [0.15, 0.2) is 5.03 Å². The highest BCUT2D eigenvalue weighted by atomic mass is 32.2. The average Bonchev–Trinajstić information content (AvgIpc) is 2.24. The van der Waals surface area contributed by atoms with E-state index in [1.165, 1.54) is 5.56 Å². The molecule has 1 heterocycles. The standard InChI is InChI=1S/C11H19N3S/c1-5-9-13-10(12-6-2)8(4)11(14-9)15-7-3/h5-7H2,1-4H3,(H,12,13,14). The second kappa shape index (κ2) is 5.95. The summed E-state index contributed by atoms with van der Waals surface area (Å²) in [6, 6.07) is 0. The molecule has 15 heavy (non-hydrogen) atoms. The van der Waals surface area contributed by atoms with Crippen molar-refractivity contribution in [3.05, 3.63) is 11.4 Å². The Morgan fingerprint density at radius 1 is 1.20 bits per heavy atom. The third kappa shape index (κ3) is 3.09. The van der Waals surface area contributed by atoms with Crippen LogP contribution in [-0.4, -0.2) is 22.3 Å². The molecule has 0 aliphatic heterocycles. The number of aryl methyl sites for hydroxylation is 1. The van der Waals surface area contributed by atoms with Gasteiger partial charge in [0.2, 0.25) is 0 Å². The number of hydrogen-bond donors (Lipinski definition) is 1. The van der Waals surface area contributed by atoms with Gasteiger partial charge in [0.25, 0.3) is 0 Å². The first-order valence-corrected chi connectivity index (χ1v) is 6.45. The van der Waals surface area contributed by atoms with Crippen molar-refractivity contribution in [2.24, 2.45) is 0 Å². The van der Waals surface area contributed by atoms with Crippen molar-refractivity contribution in [3.63, 3.8) is 0 Å². The number of aromatic nitrogens is 2. The number of thioether (sulfide) groups is 1. The molecule has 4 heteroatoms. The van der Waals surface area contributed by atoms with Gasteiger partial charge in [0.15, 0.2) is 0 Å². The van der Waals surface area contributed by atoms with E-state index in [1.807, 2.05) is 0 Å². The van der Waals surface area contributed by atoms with Gasteiger partial charge in [0, 0.05) is 18.5 Å². The average molecular weight is 225 g/mol. The van der Waals surface area contributed by atoms with Crippen molar-refractivity contribution in [2.45, 2.75) is 39.1 Å². The molecule has 0 bridgehead atoms. The molecule has 1 aromatic rings. The van der Waals surface area contributed by atoms with E-state index in [0.717, 1.165) is 35.4 Å². The summed E-state index contributed by atoms with van der Waals surface area (Å²) >= 11 is 1.78. The summed E-state index contributed by atoms with van der Waals surface area (Å²) in [7, 11) is 0. The first kappa shape index (κ1) is 12.3. The van der Waals surface area contributed by atoms with Gasteiger partial charge in [-0.15, -0.1) is 11.8 Å². The van der Waals surface area contributed by atoms with Crippen LogP contribution in [0, 0.1) is 6.92 Å². The molecule has 0 aliphatic rings. The van der Waals surface area contributed by atoms with Crippen LogP contribution in [0.2, 0.25) is 0 Å². The summed E-state index contributed by atoms with van der Waals surface area (Å²) in [6.07, 6.45) is 0.885. The number of nitrogens with one attached hydrogen (secondary N) is 1. The monoisotopic (exact) mass is 225 g/mol. The number of anilines is 1. The lowest BCUT2D eigenvalue weighted by molar-refractivity contribution is 0.870. The summed E-state index contributed by atoms with van der Waals surface area (Å²) in [4.78, 5) is 9.02. The highest BCUT2D eigenvalue weighted by Gasteiger charge is 2.09. The maximum Gasteiger partial charge on any atom is 0.133 e. The molecule has 1 rings (SSSR count). The number of hydrogen-bond acceptors (Lipinski definition) is 4. The van der Waals surface area contributed by atoms with E-state index in [-0.39, 0.29) is 0 Å². The first-order valence-electron chi connectivity index (χ1n) is 5.47. The van der Waals surface area contributed by atoms with Gasteiger partial charge in [-0.1, -0.05) is 13.8 Å². The Morgan fingerprint density at radius 2 is 1.93 bits per heavy atom. The zero-order valence-electron chi connectivity index (χ0n) is 9.92. The maximum atomic E-state index is 4.54.